The Balaban J connectivity index is 1.48. The highest BCUT2D eigenvalue weighted by molar-refractivity contribution is 9.10. The van der Waals surface area contributed by atoms with Crippen molar-refractivity contribution in [1.29, 1.82) is 0 Å². The van der Waals surface area contributed by atoms with Gasteiger partial charge in [-0.15, -0.1) is 0 Å². The lowest BCUT2D eigenvalue weighted by Gasteiger charge is -2.26. The molecule has 0 bridgehead atoms. The number of carbonyl (C=O) groups excluding carboxylic acids is 1. The van der Waals surface area contributed by atoms with Crippen molar-refractivity contribution in [3.63, 3.8) is 0 Å². The number of carbonyl (C=O) groups is 1. The number of unbranched alkanes of at least 4 members (excludes halogenated alkanes) is 1. The predicted molar refractivity (Wildman–Crippen MR) is 148 cm³/mol. The van der Waals surface area contributed by atoms with Crippen molar-refractivity contribution in [2.45, 2.75) is 32.4 Å². The fourth-order valence-corrected chi connectivity index (χ4v) is 5.40. The van der Waals surface area contributed by atoms with Crippen molar-refractivity contribution >= 4 is 32.8 Å². The number of methoxy groups -OCH3 is 1. The Morgan fingerprint density at radius 3 is 2.67 bits per heavy atom. The maximum atomic E-state index is 13.9. The van der Waals surface area contributed by atoms with E-state index >= 15 is 0 Å². The molecule has 8 nitrogen and oxygen atoms in total. The van der Waals surface area contributed by atoms with Crippen LogP contribution in [0, 0.1) is 0 Å². The molecule has 3 heterocycles. The Hall–Kier alpha value is -3.98. The summed E-state index contributed by atoms with van der Waals surface area (Å²) >= 11 is 3.44. The van der Waals surface area contributed by atoms with Crippen molar-refractivity contribution in [1.82, 2.24) is 4.90 Å². The highest BCUT2D eigenvalue weighted by Gasteiger charge is 2.43. The Bertz CT molecular complexity index is 1650. The molecule has 3 aromatic carbocycles. The maximum Gasteiger partial charge on any atom is 0.291 e. The largest absolute Gasteiger partial charge is 0.493 e. The SMILES string of the molecule is CCCCOc1ccc(C2c3c(oc4ccc(Br)cc4c3=O)C(=O)N2Cc2ccc3c(c2)OCO3)cc1OC. The fraction of sp³-hybridized carbons (Fsp3) is 0.267. The summed E-state index contributed by atoms with van der Waals surface area (Å²) in [5.41, 5.74) is 1.95. The highest BCUT2D eigenvalue weighted by atomic mass is 79.9. The van der Waals surface area contributed by atoms with Crippen molar-refractivity contribution in [3.8, 4) is 23.0 Å². The van der Waals surface area contributed by atoms with E-state index in [1.165, 1.54) is 0 Å². The Morgan fingerprint density at radius 2 is 1.85 bits per heavy atom. The van der Waals surface area contributed by atoms with E-state index < -0.39 is 6.04 Å². The molecular weight excluding hydrogens is 566 g/mol. The van der Waals surface area contributed by atoms with Crippen LogP contribution in [-0.2, 0) is 6.54 Å². The third-order valence-electron chi connectivity index (χ3n) is 6.98. The van der Waals surface area contributed by atoms with E-state index in [1.807, 2.05) is 36.4 Å². The number of fused-ring (bicyclic) bond motifs is 3. The van der Waals surface area contributed by atoms with Gasteiger partial charge in [0, 0.05) is 11.0 Å². The first-order valence-corrected chi connectivity index (χ1v) is 13.5. The zero-order chi connectivity index (χ0) is 27.1. The molecule has 200 valence electrons. The smallest absolute Gasteiger partial charge is 0.291 e. The Morgan fingerprint density at radius 1 is 1.00 bits per heavy atom. The minimum absolute atomic E-state index is 0.0443. The van der Waals surface area contributed by atoms with Crippen molar-refractivity contribution in [3.05, 3.63) is 91.7 Å². The van der Waals surface area contributed by atoms with Crippen LogP contribution in [0.1, 0.15) is 53.1 Å². The molecule has 0 N–H and O–H groups in total. The van der Waals surface area contributed by atoms with Crippen molar-refractivity contribution in [2.75, 3.05) is 20.5 Å². The quantitative estimate of drug-likeness (QED) is 0.225. The molecular formula is C30H26BrNO7. The van der Waals surface area contributed by atoms with Gasteiger partial charge in [0.15, 0.2) is 28.4 Å². The number of ether oxygens (including phenoxy) is 4. The number of halogens is 1. The van der Waals surface area contributed by atoms with Gasteiger partial charge in [0.1, 0.15) is 5.58 Å². The van der Waals surface area contributed by atoms with E-state index in [0.29, 0.717) is 51.7 Å². The van der Waals surface area contributed by atoms with Crippen LogP contribution in [0.2, 0.25) is 0 Å². The molecule has 0 aliphatic carbocycles. The molecule has 2 aliphatic rings. The average Bonchev–Trinajstić information content (AvgIpc) is 3.52. The number of hydrogen-bond donors (Lipinski definition) is 0. The van der Waals surface area contributed by atoms with Gasteiger partial charge in [-0.1, -0.05) is 41.4 Å². The molecule has 1 unspecified atom stereocenters. The maximum absolute atomic E-state index is 13.9. The summed E-state index contributed by atoms with van der Waals surface area (Å²) in [5.74, 6) is 2.09. The molecule has 0 spiro atoms. The van der Waals surface area contributed by atoms with E-state index in [0.717, 1.165) is 22.9 Å². The fourth-order valence-electron chi connectivity index (χ4n) is 5.04. The monoisotopic (exact) mass is 591 g/mol. The first kappa shape index (κ1) is 25.3. The first-order chi connectivity index (χ1) is 19.0. The first-order valence-electron chi connectivity index (χ1n) is 12.7. The lowest BCUT2D eigenvalue weighted by atomic mass is 9.97. The molecule has 1 atom stereocenters. The molecule has 1 amide bonds. The molecule has 0 radical (unpaired) electrons. The molecule has 0 fully saturated rings. The summed E-state index contributed by atoms with van der Waals surface area (Å²) < 4.78 is 29.4. The number of benzene rings is 3. The van der Waals surface area contributed by atoms with Crippen LogP contribution >= 0.6 is 15.9 Å². The number of rotatable bonds is 8. The minimum Gasteiger partial charge on any atom is -0.493 e. The number of hydrogen-bond acceptors (Lipinski definition) is 7. The molecule has 6 rings (SSSR count). The van der Waals surface area contributed by atoms with Crippen LogP contribution in [0.3, 0.4) is 0 Å². The normalized spacial score (nSPS) is 15.6. The summed E-state index contributed by atoms with van der Waals surface area (Å²) in [7, 11) is 1.57. The highest BCUT2D eigenvalue weighted by Crippen LogP contribution is 2.42. The average molecular weight is 592 g/mol. The zero-order valence-corrected chi connectivity index (χ0v) is 23.1. The van der Waals surface area contributed by atoms with Gasteiger partial charge in [-0.3, -0.25) is 9.59 Å². The second-order valence-corrected chi connectivity index (χ2v) is 10.4. The summed E-state index contributed by atoms with van der Waals surface area (Å²) in [6.45, 7) is 3.04. The molecule has 39 heavy (non-hydrogen) atoms. The summed E-state index contributed by atoms with van der Waals surface area (Å²) in [5, 5.41) is 0.400. The Kier molecular flexibility index (Phi) is 6.68. The van der Waals surface area contributed by atoms with Gasteiger partial charge in [0.2, 0.25) is 12.6 Å². The Labute approximate surface area is 233 Å². The predicted octanol–water partition coefficient (Wildman–Crippen LogP) is 6.22. The zero-order valence-electron chi connectivity index (χ0n) is 21.5. The topological polar surface area (TPSA) is 87.4 Å². The van der Waals surface area contributed by atoms with Gasteiger partial charge >= 0.3 is 0 Å². The standard InChI is InChI=1S/C30H26BrNO7/c1-3-4-11-36-22-9-6-18(13-24(22)35-2)27-26-28(33)20-14-19(31)7-10-21(20)39-29(26)30(34)32(27)15-17-5-8-23-25(12-17)38-16-37-23/h5-10,12-14,27H,3-4,11,15-16H2,1-2H3. The molecule has 1 aromatic heterocycles. The lowest BCUT2D eigenvalue weighted by molar-refractivity contribution is 0.0714. The van der Waals surface area contributed by atoms with Crippen LogP contribution in [0.4, 0.5) is 0 Å². The molecule has 9 heteroatoms. The summed E-state index contributed by atoms with van der Waals surface area (Å²) in [6.07, 6.45) is 1.93. The number of amides is 1. The van der Waals surface area contributed by atoms with Gasteiger partial charge in [-0.25, -0.2) is 0 Å². The molecule has 4 aromatic rings. The second kappa shape index (κ2) is 10.3. The van der Waals surface area contributed by atoms with Crippen LogP contribution in [0.25, 0.3) is 11.0 Å². The van der Waals surface area contributed by atoms with E-state index in [-0.39, 0.29) is 30.4 Å². The van der Waals surface area contributed by atoms with Crippen LogP contribution in [0.15, 0.2) is 68.3 Å². The van der Waals surface area contributed by atoms with Gasteiger partial charge < -0.3 is 28.3 Å². The van der Waals surface area contributed by atoms with Crippen LogP contribution < -0.4 is 24.4 Å². The number of nitrogens with zero attached hydrogens (tertiary/aromatic N) is 1. The minimum atomic E-state index is -0.698. The second-order valence-electron chi connectivity index (χ2n) is 9.45. The lowest BCUT2D eigenvalue weighted by Crippen LogP contribution is -2.29. The van der Waals surface area contributed by atoms with Crippen molar-refractivity contribution in [2.24, 2.45) is 0 Å². The summed E-state index contributed by atoms with van der Waals surface area (Å²) in [4.78, 5) is 29.4. The third kappa shape index (κ3) is 4.50. The van der Waals surface area contributed by atoms with E-state index in [2.05, 4.69) is 22.9 Å². The van der Waals surface area contributed by atoms with Gasteiger partial charge in [0.05, 0.1) is 30.7 Å². The summed E-state index contributed by atoms with van der Waals surface area (Å²) in [6, 6.07) is 15.6. The molecule has 0 saturated carbocycles. The van der Waals surface area contributed by atoms with E-state index in [1.54, 1.807) is 30.2 Å². The van der Waals surface area contributed by atoms with Gasteiger partial charge in [-0.05, 0) is 60.0 Å². The molecule has 2 aliphatic heterocycles. The third-order valence-corrected chi connectivity index (χ3v) is 7.47. The van der Waals surface area contributed by atoms with E-state index in [9.17, 15) is 9.59 Å². The van der Waals surface area contributed by atoms with Crippen LogP contribution in [0.5, 0.6) is 23.0 Å². The van der Waals surface area contributed by atoms with Crippen molar-refractivity contribution < 1.29 is 28.2 Å². The van der Waals surface area contributed by atoms with E-state index in [4.69, 9.17) is 23.4 Å². The van der Waals surface area contributed by atoms with Gasteiger partial charge in [0.25, 0.3) is 5.91 Å². The molecule has 0 saturated heterocycles. The van der Waals surface area contributed by atoms with Crippen LogP contribution in [-0.4, -0.2) is 31.3 Å². The van der Waals surface area contributed by atoms with Gasteiger partial charge in [-0.2, -0.15) is 0 Å².